The normalized spacial score (nSPS) is 17.6. The molecule has 1 fully saturated rings. The first kappa shape index (κ1) is 12.1. The molecule has 0 spiro atoms. The highest BCUT2D eigenvalue weighted by Gasteiger charge is 2.16. The molecule has 0 atom stereocenters. The summed E-state index contributed by atoms with van der Waals surface area (Å²) < 4.78 is 0. The van der Waals surface area contributed by atoms with Crippen molar-refractivity contribution < 1.29 is 4.79 Å². The molecule has 0 radical (unpaired) electrons. The van der Waals surface area contributed by atoms with Crippen molar-refractivity contribution >= 4 is 28.9 Å². The van der Waals surface area contributed by atoms with Crippen molar-refractivity contribution in [2.45, 2.75) is 32.6 Å². The van der Waals surface area contributed by atoms with Crippen molar-refractivity contribution in [1.29, 1.82) is 0 Å². The monoisotopic (exact) mass is 255 g/mol. The molecule has 88 valence electrons. The number of hydrogen-bond acceptors (Lipinski definition) is 4. The van der Waals surface area contributed by atoms with Gasteiger partial charge in [0.15, 0.2) is 0 Å². The Morgan fingerprint density at radius 3 is 2.94 bits per heavy atom. The molecule has 2 nitrogen and oxygen atoms in total. The van der Waals surface area contributed by atoms with Crippen molar-refractivity contribution in [1.82, 2.24) is 4.98 Å². The molecule has 1 aromatic heterocycles. The summed E-state index contributed by atoms with van der Waals surface area (Å²) in [5, 5.41) is 3.25. The number of thioether (sulfide) groups is 1. The van der Waals surface area contributed by atoms with Gasteiger partial charge in [0, 0.05) is 18.2 Å². The minimum absolute atomic E-state index is 0.200. The first-order chi connectivity index (χ1) is 7.74. The van der Waals surface area contributed by atoms with Crippen molar-refractivity contribution in [3.63, 3.8) is 0 Å². The zero-order valence-electron chi connectivity index (χ0n) is 9.57. The Hall–Kier alpha value is -0.350. The molecule has 1 saturated heterocycles. The van der Waals surface area contributed by atoms with E-state index in [4.69, 9.17) is 0 Å². The van der Waals surface area contributed by atoms with Gasteiger partial charge in [-0.05, 0) is 37.2 Å². The predicted octanol–water partition coefficient (Wildman–Crippen LogP) is 2.96. The molecule has 0 bridgehead atoms. The van der Waals surface area contributed by atoms with E-state index in [9.17, 15) is 4.79 Å². The summed E-state index contributed by atoms with van der Waals surface area (Å²) in [6, 6.07) is 0. The number of rotatable bonds is 4. The molecule has 0 N–H and O–H groups in total. The molecule has 0 amide bonds. The molecular weight excluding hydrogens is 238 g/mol. The maximum atomic E-state index is 11.0. The summed E-state index contributed by atoms with van der Waals surface area (Å²) in [6.45, 7) is 1.62. The number of hydrogen-bond donors (Lipinski definition) is 0. The van der Waals surface area contributed by atoms with Crippen LogP contribution in [0.3, 0.4) is 0 Å². The Bertz CT molecular complexity index is 356. The van der Waals surface area contributed by atoms with Gasteiger partial charge in [-0.15, -0.1) is 11.3 Å². The topological polar surface area (TPSA) is 30.0 Å². The summed E-state index contributed by atoms with van der Waals surface area (Å²) in [5.41, 5.74) is 0.956. The molecule has 1 aromatic rings. The van der Waals surface area contributed by atoms with Gasteiger partial charge in [-0.25, -0.2) is 4.98 Å². The summed E-state index contributed by atoms with van der Waals surface area (Å²) >= 11 is 3.78. The van der Waals surface area contributed by atoms with Crippen LogP contribution >= 0.6 is 23.1 Å². The third kappa shape index (κ3) is 3.59. The van der Waals surface area contributed by atoms with E-state index in [1.54, 1.807) is 18.3 Å². The fraction of sp³-hybridized carbons (Fsp3) is 0.667. The largest absolute Gasteiger partial charge is 0.300 e. The second-order valence-corrected chi connectivity index (χ2v) is 6.54. The Balaban J connectivity index is 1.88. The molecule has 0 aromatic carbocycles. The van der Waals surface area contributed by atoms with Gasteiger partial charge >= 0.3 is 0 Å². The SMILES string of the molecule is CC(=O)Cc1csc(CC2CCSCC2)n1. The highest BCUT2D eigenvalue weighted by Crippen LogP contribution is 2.26. The van der Waals surface area contributed by atoms with Crippen LogP contribution in [0.1, 0.15) is 30.5 Å². The quantitative estimate of drug-likeness (QED) is 0.828. The lowest BCUT2D eigenvalue weighted by Crippen LogP contribution is -2.12. The molecule has 16 heavy (non-hydrogen) atoms. The molecule has 2 rings (SSSR count). The Labute approximate surface area is 105 Å². The van der Waals surface area contributed by atoms with Gasteiger partial charge in [0.2, 0.25) is 0 Å². The lowest BCUT2D eigenvalue weighted by atomic mass is 9.99. The summed E-state index contributed by atoms with van der Waals surface area (Å²) in [4.78, 5) is 15.5. The van der Waals surface area contributed by atoms with Crippen LogP contribution in [0.15, 0.2) is 5.38 Å². The van der Waals surface area contributed by atoms with E-state index < -0.39 is 0 Å². The summed E-state index contributed by atoms with van der Waals surface area (Å²) in [5.74, 6) is 3.62. The molecule has 0 aliphatic carbocycles. The van der Waals surface area contributed by atoms with Crippen molar-refractivity contribution in [2.75, 3.05) is 11.5 Å². The molecule has 1 aliphatic heterocycles. The Morgan fingerprint density at radius 2 is 2.25 bits per heavy atom. The smallest absolute Gasteiger partial charge is 0.135 e. The van der Waals surface area contributed by atoms with Crippen LogP contribution in [0.25, 0.3) is 0 Å². The molecule has 1 aliphatic rings. The Morgan fingerprint density at radius 1 is 1.50 bits per heavy atom. The van der Waals surface area contributed by atoms with Gasteiger partial charge < -0.3 is 0 Å². The second kappa shape index (κ2) is 5.82. The number of thiazole rings is 1. The van der Waals surface area contributed by atoms with Gasteiger partial charge in [-0.2, -0.15) is 11.8 Å². The number of Topliss-reactive ketones (excluding diaryl/α,β-unsaturated/α-hetero) is 1. The molecule has 4 heteroatoms. The average molecular weight is 255 g/mol. The minimum Gasteiger partial charge on any atom is -0.300 e. The third-order valence-corrected chi connectivity index (χ3v) is 4.80. The van der Waals surface area contributed by atoms with Crippen LogP contribution in [0.5, 0.6) is 0 Å². The summed E-state index contributed by atoms with van der Waals surface area (Å²) in [6.07, 6.45) is 4.26. The molecule has 0 unspecified atom stereocenters. The van der Waals surface area contributed by atoms with Crippen molar-refractivity contribution in [3.8, 4) is 0 Å². The van der Waals surface area contributed by atoms with E-state index in [-0.39, 0.29) is 5.78 Å². The van der Waals surface area contributed by atoms with Crippen LogP contribution in [0.2, 0.25) is 0 Å². The maximum absolute atomic E-state index is 11.0. The van der Waals surface area contributed by atoms with E-state index in [1.807, 2.05) is 5.38 Å². The van der Waals surface area contributed by atoms with Crippen molar-refractivity contribution in [3.05, 3.63) is 16.1 Å². The second-order valence-electron chi connectivity index (χ2n) is 4.37. The van der Waals surface area contributed by atoms with Gasteiger partial charge in [-0.1, -0.05) is 0 Å². The molecule has 0 saturated carbocycles. The standard InChI is InChI=1S/C12H17NOS2/c1-9(14)6-11-8-16-12(13-11)7-10-2-4-15-5-3-10/h8,10H,2-7H2,1H3. The minimum atomic E-state index is 0.200. The van der Waals surface area contributed by atoms with Crippen molar-refractivity contribution in [2.24, 2.45) is 5.92 Å². The number of aromatic nitrogens is 1. The molecule has 2 heterocycles. The van der Waals surface area contributed by atoms with Gasteiger partial charge in [-0.3, -0.25) is 4.79 Å². The fourth-order valence-electron chi connectivity index (χ4n) is 1.98. The highest BCUT2D eigenvalue weighted by molar-refractivity contribution is 7.99. The van der Waals surface area contributed by atoms with Crippen LogP contribution in [-0.4, -0.2) is 22.3 Å². The number of nitrogens with zero attached hydrogens (tertiary/aromatic N) is 1. The van der Waals surface area contributed by atoms with Crippen LogP contribution in [-0.2, 0) is 17.6 Å². The fourth-order valence-corrected chi connectivity index (χ4v) is 4.09. The van der Waals surface area contributed by atoms with E-state index in [0.29, 0.717) is 6.42 Å². The lowest BCUT2D eigenvalue weighted by molar-refractivity contribution is -0.116. The van der Waals surface area contributed by atoms with Crippen LogP contribution in [0, 0.1) is 5.92 Å². The van der Waals surface area contributed by atoms with E-state index >= 15 is 0 Å². The van der Waals surface area contributed by atoms with Crippen LogP contribution < -0.4 is 0 Å². The van der Waals surface area contributed by atoms with Gasteiger partial charge in [0.1, 0.15) is 5.78 Å². The maximum Gasteiger partial charge on any atom is 0.135 e. The first-order valence-electron chi connectivity index (χ1n) is 5.74. The zero-order valence-corrected chi connectivity index (χ0v) is 11.2. The number of carbonyl (C=O) groups is 1. The predicted molar refractivity (Wildman–Crippen MR) is 70.3 cm³/mol. The zero-order chi connectivity index (χ0) is 11.4. The average Bonchev–Trinajstić information content (AvgIpc) is 2.66. The lowest BCUT2D eigenvalue weighted by Gasteiger charge is -2.19. The van der Waals surface area contributed by atoms with Gasteiger partial charge in [0.25, 0.3) is 0 Å². The number of ketones is 1. The number of carbonyl (C=O) groups excluding carboxylic acids is 1. The first-order valence-corrected chi connectivity index (χ1v) is 7.78. The summed E-state index contributed by atoms with van der Waals surface area (Å²) in [7, 11) is 0. The van der Waals surface area contributed by atoms with Crippen LogP contribution in [0.4, 0.5) is 0 Å². The van der Waals surface area contributed by atoms with Gasteiger partial charge in [0.05, 0.1) is 10.7 Å². The Kier molecular flexibility index (Phi) is 4.41. The van der Waals surface area contributed by atoms with E-state index in [0.717, 1.165) is 18.0 Å². The van der Waals surface area contributed by atoms with E-state index in [1.165, 1.54) is 29.4 Å². The highest BCUT2D eigenvalue weighted by atomic mass is 32.2. The molecular formula is C12H17NOS2. The third-order valence-electron chi connectivity index (χ3n) is 2.83. The van der Waals surface area contributed by atoms with E-state index in [2.05, 4.69) is 16.7 Å².